The Balaban J connectivity index is 1.39. The molecule has 0 atom stereocenters. The van der Waals surface area contributed by atoms with Crippen molar-refractivity contribution in [2.75, 3.05) is 5.75 Å². The zero-order chi connectivity index (χ0) is 26.7. The lowest BCUT2D eigenvalue weighted by molar-refractivity contribution is -0.118. The van der Waals surface area contributed by atoms with Crippen molar-refractivity contribution in [2.24, 2.45) is 5.10 Å². The molecule has 38 heavy (non-hydrogen) atoms. The van der Waals surface area contributed by atoms with Crippen molar-refractivity contribution >= 4 is 39.8 Å². The molecule has 0 aromatic heterocycles. The predicted molar refractivity (Wildman–Crippen MR) is 158 cm³/mol. The first-order valence-electron chi connectivity index (χ1n) is 12.2. The number of nitrogens with zero attached hydrogens (tertiary/aromatic N) is 1. The SMILES string of the molecule is Cc1cc(SCC(=O)N/N=C\c2ccc(OCc3ccccc3)c(OCc3ccccc3)c2)c(C)cc1Br. The van der Waals surface area contributed by atoms with Crippen molar-refractivity contribution < 1.29 is 14.3 Å². The van der Waals surface area contributed by atoms with Crippen LogP contribution in [0.3, 0.4) is 0 Å². The Hall–Kier alpha value is -3.55. The number of benzene rings is 4. The van der Waals surface area contributed by atoms with Crippen LogP contribution in [-0.4, -0.2) is 17.9 Å². The van der Waals surface area contributed by atoms with Crippen LogP contribution in [0.5, 0.6) is 11.5 Å². The fraction of sp³-hybridized carbons (Fsp3) is 0.161. The molecule has 1 amide bonds. The number of carbonyl (C=O) groups excluding carboxylic acids is 1. The summed E-state index contributed by atoms with van der Waals surface area (Å²) in [7, 11) is 0. The minimum atomic E-state index is -0.172. The normalized spacial score (nSPS) is 10.9. The highest BCUT2D eigenvalue weighted by Crippen LogP contribution is 2.30. The molecule has 0 heterocycles. The molecule has 0 fully saturated rings. The largest absolute Gasteiger partial charge is 0.485 e. The van der Waals surface area contributed by atoms with Crippen LogP contribution in [-0.2, 0) is 18.0 Å². The van der Waals surface area contributed by atoms with Crippen molar-refractivity contribution in [3.05, 3.63) is 123 Å². The van der Waals surface area contributed by atoms with E-state index >= 15 is 0 Å². The van der Waals surface area contributed by atoms with Gasteiger partial charge in [-0.3, -0.25) is 4.79 Å². The summed E-state index contributed by atoms with van der Waals surface area (Å²) in [4.78, 5) is 13.5. The van der Waals surface area contributed by atoms with Crippen LogP contribution in [0.15, 0.2) is 105 Å². The maximum absolute atomic E-state index is 12.4. The monoisotopic (exact) mass is 588 g/mol. The van der Waals surface area contributed by atoms with Crippen molar-refractivity contribution in [1.29, 1.82) is 0 Å². The Labute approximate surface area is 236 Å². The third-order valence-electron chi connectivity index (χ3n) is 5.66. The van der Waals surface area contributed by atoms with Crippen LogP contribution in [0, 0.1) is 13.8 Å². The average Bonchev–Trinajstić information content (AvgIpc) is 2.93. The quantitative estimate of drug-likeness (QED) is 0.112. The molecule has 4 rings (SSSR count). The summed E-state index contributed by atoms with van der Waals surface area (Å²) >= 11 is 5.04. The van der Waals surface area contributed by atoms with E-state index in [9.17, 15) is 4.79 Å². The number of nitrogens with one attached hydrogen (secondary N) is 1. The molecule has 0 saturated heterocycles. The van der Waals surface area contributed by atoms with Crippen LogP contribution in [0.25, 0.3) is 0 Å². The Morgan fingerprint density at radius 3 is 2.13 bits per heavy atom. The molecule has 0 bridgehead atoms. The second-order valence-corrected chi connectivity index (χ2v) is 10.6. The first kappa shape index (κ1) is 27.5. The van der Waals surface area contributed by atoms with Gasteiger partial charge in [0.25, 0.3) is 0 Å². The zero-order valence-electron chi connectivity index (χ0n) is 21.3. The van der Waals surface area contributed by atoms with E-state index in [1.807, 2.05) is 92.7 Å². The Morgan fingerprint density at radius 2 is 1.47 bits per heavy atom. The summed E-state index contributed by atoms with van der Waals surface area (Å²) in [6.45, 7) is 4.91. The van der Waals surface area contributed by atoms with E-state index in [2.05, 4.69) is 38.6 Å². The van der Waals surface area contributed by atoms with Gasteiger partial charge in [-0.1, -0.05) is 76.6 Å². The van der Waals surface area contributed by atoms with Crippen molar-refractivity contribution in [1.82, 2.24) is 5.43 Å². The van der Waals surface area contributed by atoms with E-state index in [0.29, 0.717) is 24.7 Å². The number of carbonyl (C=O) groups is 1. The van der Waals surface area contributed by atoms with Crippen LogP contribution in [0.2, 0.25) is 0 Å². The second-order valence-electron chi connectivity index (χ2n) is 8.70. The highest BCUT2D eigenvalue weighted by Gasteiger charge is 2.09. The van der Waals surface area contributed by atoms with Crippen LogP contribution >= 0.6 is 27.7 Å². The lowest BCUT2D eigenvalue weighted by Crippen LogP contribution is -2.19. The molecule has 0 aliphatic carbocycles. The lowest BCUT2D eigenvalue weighted by Gasteiger charge is -2.14. The predicted octanol–water partition coefficient (Wildman–Crippen LogP) is 7.47. The van der Waals surface area contributed by atoms with Gasteiger partial charge in [-0.25, -0.2) is 5.43 Å². The molecule has 0 aliphatic rings. The minimum Gasteiger partial charge on any atom is -0.485 e. The number of halogens is 1. The Morgan fingerprint density at radius 1 is 0.842 bits per heavy atom. The Bertz CT molecular complexity index is 1400. The minimum absolute atomic E-state index is 0.172. The van der Waals surface area contributed by atoms with E-state index in [0.717, 1.165) is 37.2 Å². The number of aryl methyl sites for hydroxylation is 2. The number of hydrazone groups is 1. The number of hydrogen-bond donors (Lipinski definition) is 1. The standard InChI is InChI=1S/C31H29BrN2O3S/c1-22-16-30(23(2)15-27(22)32)38-21-31(35)34-33-18-26-13-14-28(36-19-24-9-5-3-6-10-24)29(17-26)37-20-25-11-7-4-8-12-25/h3-18H,19-21H2,1-2H3,(H,34,35)/b33-18-. The molecular weight excluding hydrogens is 560 g/mol. The first-order valence-corrected chi connectivity index (χ1v) is 13.9. The number of thioether (sulfide) groups is 1. The van der Waals surface area contributed by atoms with Gasteiger partial charge in [-0.2, -0.15) is 5.10 Å². The van der Waals surface area contributed by atoms with Crippen LogP contribution < -0.4 is 14.9 Å². The molecule has 0 radical (unpaired) electrons. The molecule has 4 aromatic carbocycles. The summed E-state index contributed by atoms with van der Waals surface area (Å²) < 4.78 is 13.2. The molecule has 194 valence electrons. The zero-order valence-corrected chi connectivity index (χ0v) is 23.7. The maximum atomic E-state index is 12.4. The molecule has 0 unspecified atom stereocenters. The number of amides is 1. The third-order valence-corrected chi connectivity index (χ3v) is 7.67. The fourth-order valence-corrected chi connectivity index (χ4v) is 4.93. The Kier molecular flexibility index (Phi) is 10.0. The number of rotatable bonds is 11. The lowest BCUT2D eigenvalue weighted by atomic mass is 10.2. The number of ether oxygens (including phenoxy) is 2. The second kappa shape index (κ2) is 13.8. The van der Waals surface area contributed by atoms with Gasteiger partial charge in [0.05, 0.1) is 12.0 Å². The van der Waals surface area contributed by atoms with Gasteiger partial charge in [0, 0.05) is 9.37 Å². The van der Waals surface area contributed by atoms with Crippen molar-refractivity contribution in [3.8, 4) is 11.5 Å². The van der Waals surface area contributed by atoms with Crippen molar-refractivity contribution in [2.45, 2.75) is 32.0 Å². The summed E-state index contributed by atoms with van der Waals surface area (Å²) in [6, 6.07) is 29.7. The first-order chi connectivity index (χ1) is 18.5. The third kappa shape index (κ3) is 8.23. The van der Waals surface area contributed by atoms with Gasteiger partial charge in [-0.05, 0) is 72.0 Å². The van der Waals surface area contributed by atoms with Gasteiger partial charge in [0.1, 0.15) is 13.2 Å². The van der Waals surface area contributed by atoms with Crippen LogP contribution in [0.1, 0.15) is 27.8 Å². The van der Waals surface area contributed by atoms with Crippen LogP contribution in [0.4, 0.5) is 0 Å². The molecule has 4 aromatic rings. The van der Waals surface area contributed by atoms with E-state index in [-0.39, 0.29) is 11.7 Å². The molecule has 0 aliphatic heterocycles. The molecule has 0 saturated carbocycles. The maximum Gasteiger partial charge on any atom is 0.250 e. The van der Waals surface area contributed by atoms with Gasteiger partial charge in [0.2, 0.25) is 5.91 Å². The van der Waals surface area contributed by atoms with E-state index < -0.39 is 0 Å². The van der Waals surface area contributed by atoms with E-state index in [1.54, 1.807) is 6.21 Å². The fourth-order valence-electron chi connectivity index (χ4n) is 3.57. The van der Waals surface area contributed by atoms with Gasteiger partial charge in [0.15, 0.2) is 11.5 Å². The van der Waals surface area contributed by atoms with E-state index in [1.165, 1.54) is 11.8 Å². The molecule has 7 heteroatoms. The van der Waals surface area contributed by atoms with Gasteiger partial charge >= 0.3 is 0 Å². The molecule has 1 N–H and O–H groups in total. The summed E-state index contributed by atoms with van der Waals surface area (Å²) in [5.74, 6) is 1.35. The molecule has 0 spiro atoms. The molecule has 5 nitrogen and oxygen atoms in total. The highest BCUT2D eigenvalue weighted by atomic mass is 79.9. The van der Waals surface area contributed by atoms with Crippen molar-refractivity contribution in [3.63, 3.8) is 0 Å². The van der Waals surface area contributed by atoms with E-state index in [4.69, 9.17) is 9.47 Å². The average molecular weight is 590 g/mol. The van der Waals surface area contributed by atoms with Gasteiger partial charge in [-0.15, -0.1) is 11.8 Å². The topological polar surface area (TPSA) is 59.9 Å². The molecular formula is C31H29BrN2O3S. The summed E-state index contributed by atoms with van der Waals surface area (Å²) in [5.41, 5.74) is 7.79. The summed E-state index contributed by atoms with van der Waals surface area (Å²) in [6.07, 6.45) is 1.61. The summed E-state index contributed by atoms with van der Waals surface area (Å²) in [5, 5.41) is 4.15. The highest BCUT2D eigenvalue weighted by molar-refractivity contribution is 9.10. The smallest absolute Gasteiger partial charge is 0.250 e. The number of hydrogen-bond acceptors (Lipinski definition) is 5. The van der Waals surface area contributed by atoms with Gasteiger partial charge < -0.3 is 9.47 Å².